The zero-order valence-electron chi connectivity index (χ0n) is 23.8. The molecule has 0 aliphatic rings. The van der Waals surface area contributed by atoms with Crippen molar-refractivity contribution in [2.75, 3.05) is 19.8 Å². The molecular weight excluding hydrogens is 432 g/mol. The third kappa shape index (κ3) is 17.6. The molecule has 0 radical (unpaired) electrons. The smallest absolute Gasteiger partial charge is 0.120 e. The summed E-state index contributed by atoms with van der Waals surface area (Å²) < 4.78 is 24.9. The average molecular weight is 487 g/mol. The van der Waals surface area contributed by atoms with Crippen LogP contribution in [0.2, 0.25) is 0 Å². The van der Waals surface area contributed by atoms with Gasteiger partial charge >= 0.3 is 0 Å². The second-order valence-corrected chi connectivity index (χ2v) is 12.3. The highest BCUT2D eigenvalue weighted by molar-refractivity contribution is 5.49. The van der Waals surface area contributed by atoms with Gasteiger partial charge in [0.05, 0.1) is 48.3 Å². The van der Waals surface area contributed by atoms with Crippen LogP contribution in [-0.2, 0) is 28.5 Å². The Hall–Kier alpha value is -0.820. The summed E-state index contributed by atoms with van der Waals surface area (Å²) in [5, 5.41) is 0. The van der Waals surface area contributed by atoms with Crippen LogP contribution in [0.3, 0.4) is 0 Å². The summed E-state index contributed by atoms with van der Waals surface area (Å²) in [6.45, 7) is 22.5. The van der Waals surface area contributed by atoms with Gasteiger partial charge in [0.2, 0.25) is 0 Å². The van der Waals surface area contributed by atoms with Crippen molar-refractivity contribution < 1.29 is 28.5 Å². The van der Waals surface area contributed by atoms with E-state index in [1.807, 2.05) is 27.7 Å². The lowest BCUT2D eigenvalue weighted by Gasteiger charge is -2.35. The molecule has 1 atom stereocenters. The van der Waals surface area contributed by atoms with Crippen molar-refractivity contribution in [3.63, 3.8) is 0 Å². The van der Waals surface area contributed by atoms with E-state index in [4.69, 9.17) is 18.9 Å². The van der Waals surface area contributed by atoms with Gasteiger partial charge in [0.1, 0.15) is 12.6 Å². The zero-order valence-corrected chi connectivity index (χ0v) is 23.8. The summed E-state index contributed by atoms with van der Waals surface area (Å²) in [5.41, 5.74) is -1.31. The molecule has 6 heteroatoms. The van der Waals surface area contributed by atoms with E-state index in [0.29, 0.717) is 45.0 Å². The molecule has 202 valence electrons. The molecule has 0 saturated heterocycles. The maximum absolute atomic E-state index is 10.7. The third-order valence-electron chi connectivity index (χ3n) is 6.00. The Kier molecular flexibility index (Phi) is 15.0. The van der Waals surface area contributed by atoms with E-state index in [1.54, 1.807) is 0 Å². The number of rotatable bonds is 21. The quantitative estimate of drug-likeness (QED) is 0.177. The van der Waals surface area contributed by atoms with Crippen molar-refractivity contribution in [2.45, 2.75) is 143 Å². The molecule has 0 aromatic heterocycles. The van der Waals surface area contributed by atoms with Crippen molar-refractivity contribution in [3.8, 4) is 0 Å². The lowest BCUT2D eigenvalue weighted by molar-refractivity contribution is -0.151. The minimum atomic E-state index is -0.348. The monoisotopic (exact) mass is 486 g/mol. The molecule has 0 spiro atoms. The number of ether oxygens (including phenoxy) is 4. The second-order valence-electron chi connectivity index (χ2n) is 12.3. The molecule has 0 amide bonds. The van der Waals surface area contributed by atoms with Gasteiger partial charge in [-0.2, -0.15) is 0 Å². The van der Waals surface area contributed by atoms with Gasteiger partial charge < -0.3 is 28.5 Å². The Labute approximate surface area is 209 Å². The van der Waals surface area contributed by atoms with Gasteiger partial charge in [-0.25, -0.2) is 0 Å². The first-order chi connectivity index (χ1) is 15.5. The van der Waals surface area contributed by atoms with Crippen molar-refractivity contribution in [1.29, 1.82) is 0 Å². The van der Waals surface area contributed by atoms with E-state index in [1.165, 1.54) is 0 Å². The third-order valence-corrected chi connectivity index (χ3v) is 6.00. The van der Waals surface area contributed by atoms with E-state index in [9.17, 15) is 9.59 Å². The van der Waals surface area contributed by atoms with Gasteiger partial charge in [-0.3, -0.25) is 0 Å². The van der Waals surface area contributed by atoms with Gasteiger partial charge in [0.15, 0.2) is 0 Å². The fourth-order valence-corrected chi connectivity index (χ4v) is 3.68. The molecule has 0 aromatic rings. The highest BCUT2D eigenvalue weighted by Gasteiger charge is 2.29. The Balaban J connectivity index is 4.72. The maximum atomic E-state index is 10.7. The molecular formula is C28H54O6. The first kappa shape index (κ1) is 33.2. The number of carbonyl (C=O) groups is 2. The number of aldehydes is 2. The first-order valence-electron chi connectivity index (χ1n) is 13.0. The molecule has 0 aliphatic carbocycles. The lowest BCUT2D eigenvalue weighted by atomic mass is 10.0. The van der Waals surface area contributed by atoms with Gasteiger partial charge in [-0.15, -0.1) is 0 Å². The fraction of sp³-hybridized carbons (Fsp3) is 0.929. The van der Waals surface area contributed by atoms with Gasteiger partial charge in [0.25, 0.3) is 0 Å². The molecule has 0 saturated carbocycles. The predicted octanol–water partition coefficient (Wildman–Crippen LogP) is 6.32. The van der Waals surface area contributed by atoms with E-state index >= 15 is 0 Å². The molecule has 34 heavy (non-hydrogen) atoms. The summed E-state index contributed by atoms with van der Waals surface area (Å²) in [6.07, 6.45) is 6.77. The van der Waals surface area contributed by atoms with Crippen molar-refractivity contribution >= 4 is 12.6 Å². The van der Waals surface area contributed by atoms with E-state index in [-0.39, 0.29) is 28.5 Å². The largest absolute Gasteiger partial charge is 0.375 e. The molecule has 0 rings (SSSR count). The summed E-state index contributed by atoms with van der Waals surface area (Å²) >= 11 is 0. The van der Waals surface area contributed by atoms with Crippen LogP contribution in [0.15, 0.2) is 0 Å². The van der Waals surface area contributed by atoms with Crippen molar-refractivity contribution in [1.82, 2.24) is 0 Å². The topological polar surface area (TPSA) is 71.1 Å². The zero-order chi connectivity index (χ0) is 26.5. The van der Waals surface area contributed by atoms with Crippen molar-refractivity contribution in [3.05, 3.63) is 0 Å². The normalized spacial score (nSPS) is 14.4. The summed E-state index contributed by atoms with van der Waals surface area (Å²) in [7, 11) is 0. The maximum Gasteiger partial charge on any atom is 0.120 e. The molecule has 0 aromatic carbocycles. The molecule has 0 N–H and O–H groups in total. The van der Waals surface area contributed by atoms with E-state index in [0.717, 1.165) is 38.3 Å². The van der Waals surface area contributed by atoms with Gasteiger partial charge in [-0.05, 0) is 93.4 Å². The Bertz CT molecular complexity index is 565. The molecule has 0 heterocycles. The highest BCUT2D eigenvalue weighted by atomic mass is 16.6. The van der Waals surface area contributed by atoms with Crippen LogP contribution in [0.4, 0.5) is 0 Å². The minimum Gasteiger partial charge on any atom is -0.375 e. The molecule has 0 fully saturated rings. The highest BCUT2D eigenvalue weighted by Crippen LogP contribution is 2.26. The molecule has 0 aliphatic heterocycles. The SMILES string of the molecule is CC(C)CC(COC(C)(C)CCOC(C)(C)CCC=O)OC(C)(C)CCOC(C)(C)CCC=O. The van der Waals surface area contributed by atoms with Crippen LogP contribution in [0, 0.1) is 5.92 Å². The summed E-state index contributed by atoms with van der Waals surface area (Å²) in [4.78, 5) is 21.3. The first-order valence-corrected chi connectivity index (χ1v) is 13.0. The van der Waals surface area contributed by atoms with Crippen LogP contribution in [0.25, 0.3) is 0 Å². The Morgan fingerprint density at radius 3 is 1.44 bits per heavy atom. The molecule has 0 bridgehead atoms. The van der Waals surface area contributed by atoms with E-state index < -0.39 is 0 Å². The molecule has 6 nitrogen and oxygen atoms in total. The minimum absolute atomic E-state index is 0.0118. The van der Waals surface area contributed by atoms with Crippen LogP contribution in [0.5, 0.6) is 0 Å². The number of hydrogen-bond acceptors (Lipinski definition) is 6. The Morgan fingerprint density at radius 2 is 1.03 bits per heavy atom. The van der Waals surface area contributed by atoms with Crippen LogP contribution in [-0.4, -0.2) is 60.9 Å². The van der Waals surface area contributed by atoms with Crippen molar-refractivity contribution in [2.24, 2.45) is 5.92 Å². The van der Waals surface area contributed by atoms with Crippen LogP contribution >= 0.6 is 0 Å². The average Bonchev–Trinajstić information content (AvgIpc) is 2.68. The fourth-order valence-electron chi connectivity index (χ4n) is 3.68. The van der Waals surface area contributed by atoms with Crippen LogP contribution in [0.1, 0.15) is 114 Å². The standard InChI is InChI=1S/C28H54O6/c1-23(2)21-24(34-28(9,10)16-20-32-26(5,6)14-12-18-30)22-33-27(7,8)15-19-31-25(3,4)13-11-17-29/h17-18,23-24H,11-16,19-22H2,1-10H3. The van der Waals surface area contributed by atoms with Gasteiger partial charge in [-0.1, -0.05) is 13.8 Å². The van der Waals surface area contributed by atoms with E-state index in [2.05, 4.69) is 41.5 Å². The van der Waals surface area contributed by atoms with Gasteiger partial charge in [0, 0.05) is 12.8 Å². The molecule has 1 unspecified atom stereocenters. The summed E-state index contributed by atoms with van der Waals surface area (Å²) in [5.74, 6) is 0.494. The number of hydrogen-bond donors (Lipinski definition) is 0. The summed E-state index contributed by atoms with van der Waals surface area (Å²) in [6, 6.07) is 0. The predicted molar refractivity (Wildman–Crippen MR) is 138 cm³/mol. The van der Waals surface area contributed by atoms with Crippen LogP contribution < -0.4 is 0 Å². The number of carbonyl (C=O) groups excluding carboxylic acids is 2. The second kappa shape index (κ2) is 15.3. The lowest BCUT2D eigenvalue weighted by Crippen LogP contribution is -2.39. The Morgan fingerprint density at radius 1 is 0.618 bits per heavy atom.